The minimum atomic E-state index is -3.23. The second kappa shape index (κ2) is 7.76. The third kappa shape index (κ3) is 3.70. The first-order valence-electron chi connectivity index (χ1n) is 10.2. The lowest BCUT2D eigenvalue weighted by Gasteiger charge is -2.41. The first-order valence-corrected chi connectivity index (χ1v) is 11.7. The van der Waals surface area contributed by atoms with E-state index in [2.05, 4.69) is 35.2 Å². The Balaban J connectivity index is 1.34. The van der Waals surface area contributed by atoms with Crippen LogP contribution in [0, 0.1) is 0 Å². The van der Waals surface area contributed by atoms with Crippen LogP contribution in [0.2, 0.25) is 0 Å². The third-order valence-electron chi connectivity index (χ3n) is 6.54. The van der Waals surface area contributed by atoms with Crippen molar-refractivity contribution in [1.29, 1.82) is 0 Å². The molecule has 1 atom stereocenters. The summed E-state index contributed by atoms with van der Waals surface area (Å²) >= 11 is 0. The molecule has 0 amide bonds. The van der Waals surface area contributed by atoms with Gasteiger partial charge in [0.2, 0.25) is 0 Å². The van der Waals surface area contributed by atoms with Crippen molar-refractivity contribution in [3.63, 3.8) is 0 Å². The van der Waals surface area contributed by atoms with Crippen LogP contribution in [0.1, 0.15) is 50.0 Å². The molecule has 2 aliphatic rings. The number of sulfone groups is 1. The first-order chi connectivity index (χ1) is 13.1. The molecule has 27 heavy (non-hydrogen) atoms. The highest BCUT2D eigenvalue weighted by Crippen LogP contribution is 2.46. The van der Waals surface area contributed by atoms with E-state index >= 15 is 0 Å². The molecule has 144 valence electrons. The Morgan fingerprint density at radius 3 is 2.26 bits per heavy atom. The fourth-order valence-electron chi connectivity index (χ4n) is 4.73. The molecule has 2 fully saturated rings. The lowest BCUT2D eigenvalue weighted by atomic mass is 9.81. The quantitative estimate of drug-likeness (QED) is 0.698. The normalized spacial score (nSPS) is 22.4. The van der Waals surface area contributed by atoms with Crippen LogP contribution in [-0.4, -0.2) is 37.7 Å². The standard InChI is InChI=1S/C23H29NO2S/c25-27(26,22-11-5-2-6-12-22)23(14-7-15-23)16-8-17-24-18-13-21(19-24)20-9-3-1-4-10-20/h1-6,9-12,21H,7-8,13-19H2. The zero-order valence-corrected chi connectivity index (χ0v) is 16.7. The lowest BCUT2D eigenvalue weighted by molar-refractivity contribution is 0.274. The number of likely N-dealkylation sites (tertiary alicyclic amines) is 1. The number of rotatable bonds is 7. The minimum absolute atomic E-state index is 0.495. The molecule has 2 aromatic carbocycles. The van der Waals surface area contributed by atoms with Crippen molar-refractivity contribution in [3.8, 4) is 0 Å². The van der Waals surface area contributed by atoms with E-state index in [1.165, 1.54) is 12.0 Å². The third-order valence-corrected chi connectivity index (χ3v) is 9.18. The van der Waals surface area contributed by atoms with Crippen LogP contribution in [0.4, 0.5) is 0 Å². The summed E-state index contributed by atoms with van der Waals surface area (Å²) in [5, 5.41) is 0. The fourth-order valence-corrected chi connectivity index (χ4v) is 6.99. The minimum Gasteiger partial charge on any atom is -0.303 e. The van der Waals surface area contributed by atoms with Crippen molar-refractivity contribution in [2.45, 2.75) is 54.1 Å². The van der Waals surface area contributed by atoms with Gasteiger partial charge in [-0.15, -0.1) is 0 Å². The monoisotopic (exact) mass is 383 g/mol. The van der Waals surface area contributed by atoms with Crippen LogP contribution in [0.25, 0.3) is 0 Å². The topological polar surface area (TPSA) is 37.4 Å². The van der Waals surface area contributed by atoms with E-state index in [0.29, 0.717) is 10.8 Å². The molecule has 4 rings (SSSR count). The summed E-state index contributed by atoms with van der Waals surface area (Å²) in [5.74, 6) is 0.622. The predicted octanol–water partition coefficient (Wildman–Crippen LogP) is 4.65. The molecule has 1 aliphatic carbocycles. The van der Waals surface area contributed by atoms with E-state index in [1.807, 2.05) is 18.2 Å². The molecule has 4 heteroatoms. The average Bonchev–Trinajstić information content (AvgIpc) is 3.14. The molecule has 0 radical (unpaired) electrons. The molecular formula is C23H29NO2S. The summed E-state index contributed by atoms with van der Waals surface area (Å²) < 4.78 is 25.9. The average molecular weight is 384 g/mol. The van der Waals surface area contributed by atoms with Crippen LogP contribution < -0.4 is 0 Å². The SMILES string of the molecule is O=S(=O)(c1ccccc1)C1(CCCN2CCC(c3ccccc3)C2)CCC1. The van der Waals surface area contributed by atoms with Crippen molar-refractivity contribution in [1.82, 2.24) is 4.90 Å². The summed E-state index contributed by atoms with van der Waals surface area (Å²) in [6.45, 7) is 3.23. The summed E-state index contributed by atoms with van der Waals surface area (Å²) in [5.41, 5.74) is 1.43. The predicted molar refractivity (Wildman–Crippen MR) is 110 cm³/mol. The summed E-state index contributed by atoms with van der Waals surface area (Å²) in [6.07, 6.45) is 5.63. The summed E-state index contributed by atoms with van der Waals surface area (Å²) in [7, 11) is -3.23. The summed E-state index contributed by atoms with van der Waals surface area (Å²) in [4.78, 5) is 3.01. The number of nitrogens with zero attached hydrogens (tertiary/aromatic N) is 1. The van der Waals surface area contributed by atoms with Gasteiger partial charge in [-0.25, -0.2) is 8.42 Å². The maximum atomic E-state index is 13.2. The van der Waals surface area contributed by atoms with Crippen molar-refractivity contribution < 1.29 is 8.42 Å². The van der Waals surface area contributed by atoms with Gasteiger partial charge in [-0.1, -0.05) is 55.0 Å². The van der Waals surface area contributed by atoms with Gasteiger partial charge in [0.05, 0.1) is 9.64 Å². The highest BCUT2D eigenvalue weighted by molar-refractivity contribution is 7.93. The van der Waals surface area contributed by atoms with E-state index in [-0.39, 0.29) is 0 Å². The largest absolute Gasteiger partial charge is 0.303 e. The molecule has 1 heterocycles. The molecule has 0 N–H and O–H groups in total. The van der Waals surface area contributed by atoms with Gasteiger partial charge < -0.3 is 4.90 Å². The van der Waals surface area contributed by atoms with Gasteiger partial charge in [0, 0.05) is 6.54 Å². The zero-order valence-electron chi connectivity index (χ0n) is 15.9. The summed E-state index contributed by atoms with van der Waals surface area (Å²) in [6, 6.07) is 19.8. The molecule has 0 bridgehead atoms. The van der Waals surface area contributed by atoms with Gasteiger partial charge in [-0.2, -0.15) is 0 Å². The van der Waals surface area contributed by atoms with Crippen LogP contribution in [0.3, 0.4) is 0 Å². The van der Waals surface area contributed by atoms with Gasteiger partial charge in [0.25, 0.3) is 0 Å². The first kappa shape index (κ1) is 18.7. The molecule has 0 spiro atoms. The van der Waals surface area contributed by atoms with E-state index in [4.69, 9.17) is 0 Å². The number of hydrogen-bond donors (Lipinski definition) is 0. The van der Waals surface area contributed by atoms with Gasteiger partial charge in [0.15, 0.2) is 9.84 Å². The van der Waals surface area contributed by atoms with Crippen molar-refractivity contribution in [2.24, 2.45) is 0 Å². The van der Waals surface area contributed by atoms with Crippen LogP contribution >= 0.6 is 0 Å². The highest BCUT2D eigenvalue weighted by atomic mass is 32.2. The zero-order chi connectivity index (χ0) is 18.7. The molecule has 3 nitrogen and oxygen atoms in total. The number of benzene rings is 2. The van der Waals surface area contributed by atoms with E-state index in [9.17, 15) is 8.42 Å². The fraction of sp³-hybridized carbons (Fsp3) is 0.478. The Labute approximate surface area is 163 Å². The van der Waals surface area contributed by atoms with Gasteiger partial charge in [0.1, 0.15) is 0 Å². The molecular weight excluding hydrogens is 354 g/mol. The highest BCUT2D eigenvalue weighted by Gasteiger charge is 2.48. The molecule has 0 aromatic heterocycles. The van der Waals surface area contributed by atoms with E-state index in [0.717, 1.165) is 51.7 Å². The molecule has 2 aromatic rings. The maximum Gasteiger partial charge on any atom is 0.184 e. The molecule has 1 saturated carbocycles. The van der Waals surface area contributed by atoms with Gasteiger partial charge in [-0.3, -0.25) is 0 Å². The molecule has 1 unspecified atom stereocenters. The Bertz CT molecular complexity index is 844. The van der Waals surface area contributed by atoms with Gasteiger partial charge >= 0.3 is 0 Å². The Hall–Kier alpha value is -1.65. The smallest absolute Gasteiger partial charge is 0.184 e. The second-order valence-electron chi connectivity index (χ2n) is 8.15. The Kier molecular flexibility index (Phi) is 5.38. The lowest BCUT2D eigenvalue weighted by Crippen LogP contribution is -2.45. The van der Waals surface area contributed by atoms with Gasteiger partial charge in [-0.05, 0) is 68.8 Å². The van der Waals surface area contributed by atoms with E-state index in [1.54, 1.807) is 12.1 Å². The van der Waals surface area contributed by atoms with Crippen LogP contribution in [0.15, 0.2) is 65.6 Å². The Morgan fingerprint density at radius 1 is 0.963 bits per heavy atom. The van der Waals surface area contributed by atoms with E-state index < -0.39 is 14.6 Å². The van der Waals surface area contributed by atoms with Crippen LogP contribution in [0.5, 0.6) is 0 Å². The molecule has 1 aliphatic heterocycles. The Morgan fingerprint density at radius 2 is 1.63 bits per heavy atom. The van der Waals surface area contributed by atoms with Crippen molar-refractivity contribution in [2.75, 3.05) is 19.6 Å². The maximum absolute atomic E-state index is 13.2. The molecule has 1 saturated heterocycles. The number of hydrogen-bond acceptors (Lipinski definition) is 3. The van der Waals surface area contributed by atoms with Crippen molar-refractivity contribution in [3.05, 3.63) is 66.2 Å². The van der Waals surface area contributed by atoms with Crippen LogP contribution in [-0.2, 0) is 9.84 Å². The van der Waals surface area contributed by atoms with Crippen molar-refractivity contribution >= 4 is 9.84 Å². The second-order valence-corrected chi connectivity index (χ2v) is 10.5.